The molecule has 0 fully saturated rings. The summed E-state index contributed by atoms with van der Waals surface area (Å²) >= 11 is 1.61. The standard InChI is InChI=1S/C12H16FNO2S/c1-3-9(2)7-17-8-10-5-4-6-11(12(10)13)14(15)16/h4-6,9H,3,7-8H2,1-2H3. The largest absolute Gasteiger partial charge is 0.305 e. The van der Waals surface area contributed by atoms with Crippen LogP contribution in [-0.2, 0) is 5.75 Å². The molecular formula is C12H16FNO2S. The summed E-state index contributed by atoms with van der Waals surface area (Å²) < 4.78 is 13.7. The zero-order valence-corrected chi connectivity index (χ0v) is 10.8. The molecule has 1 atom stereocenters. The summed E-state index contributed by atoms with van der Waals surface area (Å²) in [5.74, 6) is 1.31. The van der Waals surface area contributed by atoms with Crippen molar-refractivity contribution in [1.29, 1.82) is 0 Å². The number of benzene rings is 1. The zero-order valence-electron chi connectivity index (χ0n) is 9.98. The molecule has 0 spiro atoms. The molecule has 0 bridgehead atoms. The first-order valence-electron chi connectivity index (χ1n) is 5.55. The van der Waals surface area contributed by atoms with Gasteiger partial charge >= 0.3 is 5.69 Å². The molecule has 0 amide bonds. The predicted molar refractivity (Wildman–Crippen MR) is 68.7 cm³/mol. The molecular weight excluding hydrogens is 241 g/mol. The summed E-state index contributed by atoms with van der Waals surface area (Å²) in [5, 5.41) is 10.6. The fourth-order valence-corrected chi connectivity index (χ4v) is 2.51. The van der Waals surface area contributed by atoms with E-state index in [-0.39, 0.29) is 0 Å². The van der Waals surface area contributed by atoms with Crippen molar-refractivity contribution >= 4 is 17.4 Å². The van der Waals surface area contributed by atoms with Gasteiger partial charge in [0.05, 0.1) is 4.92 Å². The second kappa shape index (κ2) is 6.59. The van der Waals surface area contributed by atoms with Gasteiger partial charge in [0.1, 0.15) is 0 Å². The molecule has 0 aliphatic carbocycles. The first kappa shape index (κ1) is 14.0. The van der Waals surface area contributed by atoms with E-state index in [0.717, 1.165) is 12.2 Å². The highest BCUT2D eigenvalue weighted by Crippen LogP contribution is 2.24. The van der Waals surface area contributed by atoms with Gasteiger partial charge in [0.15, 0.2) is 0 Å². The number of nitro groups is 1. The molecule has 0 N–H and O–H groups in total. The van der Waals surface area contributed by atoms with Crippen molar-refractivity contribution in [2.75, 3.05) is 5.75 Å². The van der Waals surface area contributed by atoms with Crippen molar-refractivity contribution in [2.45, 2.75) is 26.0 Å². The molecule has 1 aromatic rings. The number of rotatable bonds is 6. The van der Waals surface area contributed by atoms with Crippen LogP contribution in [0.15, 0.2) is 18.2 Å². The Morgan fingerprint density at radius 1 is 1.53 bits per heavy atom. The molecule has 17 heavy (non-hydrogen) atoms. The van der Waals surface area contributed by atoms with Crippen LogP contribution in [0.1, 0.15) is 25.8 Å². The van der Waals surface area contributed by atoms with Gasteiger partial charge in [-0.15, -0.1) is 0 Å². The van der Waals surface area contributed by atoms with E-state index in [4.69, 9.17) is 0 Å². The van der Waals surface area contributed by atoms with Crippen LogP contribution in [-0.4, -0.2) is 10.7 Å². The van der Waals surface area contributed by atoms with Gasteiger partial charge in [-0.3, -0.25) is 10.1 Å². The second-order valence-corrected chi connectivity index (χ2v) is 5.07. The van der Waals surface area contributed by atoms with E-state index in [0.29, 0.717) is 17.2 Å². The Balaban J connectivity index is 2.66. The normalized spacial score (nSPS) is 12.4. The number of nitro benzene ring substituents is 1. The van der Waals surface area contributed by atoms with E-state index in [1.54, 1.807) is 17.8 Å². The molecule has 0 aliphatic rings. The third-order valence-electron chi connectivity index (χ3n) is 2.61. The smallest absolute Gasteiger partial charge is 0.258 e. The van der Waals surface area contributed by atoms with Gasteiger partial charge < -0.3 is 0 Å². The molecule has 5 heteroatoms. The maximum absolute atomic E-state index is 13.7. The lowest BCUT2D eigenvalue weighted by molar-refractivity contribution is -0.387. The average Bonchev–Trinajstić information content (AvgIpc) is 2.30. The zero-order chi connectivity index (χ0) is 12.8. The first-order chi connectivity index (χ1) is 8.06. The molecule has 0 heterocycles. The number of thioether (sulfide) groups is 1. The Labute approximate surface area is 105 Å². The lowest BCUT2D eigenvalue weighted by Gasteiger charge is -2.08. The minimum absolute atomic E-state index is 0.410. The summed E-state index contributed by atoms with van der Waals surface area (Å²) in [6, 6.07) is 4.32. The van der Waals surface area contributed by atoms with Gasteiger partial charge in [-0.2, -0.15) is 16.2 Å². The Morgan fingerprint density at radius 2 is 2.24 bits per heavy atom. The number of nitrogens with zero attached hydrogens (tertiary/aromatic N) is 1. The van der Waals surface area contributed by atoms with Crippen molar-refractivity contribution in [3.05, 3.63) is 39.7 Å². The van der Waals surface area contributed by atoms with Crippen molar-refractivity contribution in [3.8, 4) is 0 Å². The fraction of sp³-hybridized carbons (Fsp3) is 0.500. The maximum Gasteiger partial charge on any atom is 0.305 e. The molecule has 0 saturated carbocycles. The van der Waals surface area contributed by atoms with Crippen LogP contribution in [0.5, 0.6) is 0 Å². The molecule has 1 unspecified atom stereocenters. The highest BCUT2D eigenvalue weighted by atomic mass is 32.2. The molecule has 0 radical (unpaired) electrons. The van der Waals surface area contributed by atoms with Crippen LogP contribution >= 0.6 is 11.8 Å². The predicted octanol–water partition coefficient (Wildman–Crippen LogP) is 4.01. The van der Waals surface area contributed by atoms with Crippen LogP contribution in [0, 0.1) is 21.8 Å². The van der Waals surface area contributed by atoms with Crippen LogP contribution in [0.3, 0.4) is 0 Å². The van der Waals surface area contributed by atoms with Gasteiger partial charge in [-0.25, -0.2) is 0 Å². The molecule has 94 valence electrons. The highest BCUT2D eigenvalue weighted by molar-refractivity contribution is 7.98. The van der Waals surface area contributed by atoms with Gasteiger partial charge in [0.25, 0.3) is 0 Å². The number of halogens is 1. The third kappa shape index (κ3) is 4.00. The third-order valence-corrected chi connectivity index (χ3v) is 3.93. The van der Waals surface area contributed by atoms with Crippen LogP contribution in [0.4, 0.5) is 10.1 Å². The Morgan fingerprint density at radius 3 is 2.82 bits per heavy atom. The van der Waals surface area contributed by atoms with Gasteiger partial charge in [-0.1, -0.05) is 32.4 Å². The molecule has 0 aromatic heterocycles. The quantitative estimate of drug-likeness (QED) is 0.571. The monoisotopic (exact) mass is 257 g/mol. The van der Waals surface area contributed by atoms with Crippen molar-refractivity contribution < 1.29 is 9.31 Å². The average molecular weight is 257 g/mol. The maximum atomic E-state index is 13.7. The number of hydrogen-bond donors (Lipinski definition) is 0. The SMILES string of the molecule is CCC(C)CSCc1cccc([N+](=O)[O-])c1F. The van der Waals surface area contributed by atoms with Crippen LogP contribution in [0.2, 0.25) is 0 Å². The lowest BCUT2D eigenvalue weighted by atomic mass is 10.2. The fourth-order valence-electron chi connectivity index (χ4n) is 1.31. The lowest BCUT2D eigenvalue weighted by Crippen LogP contribution is -1.99. The molecule has 1 aromatic carbocycles. The Hall–Kier alpha value is -1.10. The topological polar surface area (TPSA) is 43.1 Å². The van der Waals surface area contributed by atoms with E-state index >= 15 is 0 Å². The molecule has 0 aliphatic heterocycles. The van der Waals surface area contributed by atoms with Crippen LogP contribution in [0.25, 0.3) is 0 Å². The minimum atomic E-state index is -0.700. The number of hydrogen-bond acceptors (Lipinski definition) is 3. The van der Waals surface area contributed by atoms with E-state index in [2.05, 4.69) is 13.8 Å². The van der Waals surface area contributed by atoms with Crippen molar-refractivity contribution in [3.63, 3.8) is 0 Å². The molecule has 0 saturated heterocycles. The Kier molecular flexibility index (Phi) is 5.41. The minimum Gasteiger partial charge on any atom is -0.258 e. The summed E-state index contributed by atoms with van der Waals surface area (Å²) in [6.07, 6.45) is 1.09. The second-order valence-electron chi connectivity index (χ2n) is 4.04. The van der Waals surface area contributed by atoms with Crippen LogP contribution < -0.4 is 0 Å². The van der Waals surface area contributed by atoms with E-state index in [1.165, 1.54) is 12.1 Å². The molecule has 1 rings (SSSR count). The highest BCUT2D eigenvalue weighted by Gasteiger charge is 2.16. The molecule has 3 nitrogen and oxygen atoms in total. The van der Waals surface area contributed by atoms with Crippen molar-refractivity contribution in [1.82, 2.24) is 0 Å². The van der Waals surface area contributed by atoms with Gasteiger partial charge in [0, 0.05) is 17.4 Å². The summed E-state index contributed by atoms with van der Waals surface area (Å²) in [6.45, 7) is 4.25. The van der Waals surface area contributed by atoms with E-state index in [9.17, 15) is 14.5 Å². The van der Waals surface area contributed by atoms with E-state index < -0.39 is 16.4 Å². The Bertz CT molecular complexity index is 398. The van der Waals surface area contributed by atoms with Gasteiger partial charge in [0.2, 0.25) is 5.82 Å². The summed E-state index contributed by atoms with van der Waals surface area (Å²) in [5.41, 5.74) is -0.0286. The summed E-state index contributed by atoms with van der Waals surface area (Å²) in [7, 11) is 0. The summed E-state index contributed by atoms with van der Waals surface area (Å²) in [4.78, 5) is 9.88. The van der Waals surface area contributed by atoms with E-state index in [1.807, 2.05) is 0 Å². The van der Waals surface area contributed by atoms with Gasteiger partial charge in [-0.05, 0) is 11.7 Å². The van der Waals surface area contributed by atoms with Crippen molar-refractivity contribution in [2.24, 2.45) is 5.92 Å². The first-order valence-corrected chi connectivity index (χ1v) is 6.71.